The third-order valence-corrected chi connectivity index (χ3v) is 3.63. The van der Waals surface area contributed by atoms with Gasteiger partial charge in [0.05, 0.1) is 12.6 Å². The molecule has 8 heteroatoms. The Morgan fingerprint density at radius 2 is 1.71 bits per heavy atom. The fraction of sp³-hybridized carbons (Fsp3) is 0.846. The predicted octanol–water partition coefficient (Wildman–Crippen LogP) is -2.42. The Bertz CT molecular complexity index is 378. The molecule has 0 saturated carbocycles. The molecule has 1 rings (SSSR count). The minimum atomic E-state index is -1.62. The van der Waals surface area contributed by atoms with Crippen molar-refractivity contribution in [2.75, 3.05) is 13.2 Å². The molecule has 0 bridgehead atoms. The molecule has 5 atom stereocenters. The molecule has 21 heavy (non-hydrogen) atoms. The predicted molar refractivity (Wildman–Crippen MR) is 73.1 cm³/mol. The minimum absolute atomic E-state index is 0.113. The molecule has 0 unspecified atom stereocenters. The molecule has 0 spiro atoms. The first-order valence-corrected chi connectivity index (χ1v) is 7.14. The largest absolute Gasteiger partial charge is 0.394 e. The second-order valence-corrected chi connectivity index (χ2v) is 5.11. The van der Waals surface area contributed by atoms with Gasteiger partial charge in [-0.25, -0.2) is 0 Å². The van der Waals surface area contributed by atoms with E-state index < -0.39 is 48.8 Å². The highest BCUT2D eigenvalue weighted by Crippen LogP contribution is 2.26. The lowest BCUT2D eigenvalue weighted by molar-refractivity contribution is -0.187. The molecule has 0 aliphatic carbocycles. The lowest BCUT2D eigenvalue weighted by atomic mass is 9.87. The molecule has 2 amide bonds. The van der Waals surface area contributed by atoms with Crippen LogP contribution in [0.15, 0.2) is 0 Å². The van der Waals surface area contributed by atoms with E-state index in [1.54, 1.807) is 13.8 Å². The monoisotopic (exact) mass is 304 g/mol. The maximum absolute atomic E-state index is 12.2. The van der Waals surface area contributed by atoms with Crippen LogP contribution in [0.4, 0.5) is 0 Å². The van der Waals surface area contributed by atoms with Crippen LogP contribution in [0.5, 0.6) is 0 Å². The fourth-order valence-corrected chi connectivity index (χ4v) is 2.59. The first-order chi connectivity index (χ1) is 9.90. The Kier molecular flexibility index (Phi) is 6.53. The summed E-state index contributed by atoms with van der Waals surface area (Å²) in [6.45, 7) is 3.13. The van der Waals surface area contributed by atoms with Gasteiger partial charge >= 0.3 is 0 Å². The number of carbonyl (C=O) groups excluding carboxylic acids is 2. The second-order valence-electron chi connectivity index (χ2n) is 5.11. The third-order valence-electron chi connectivity index (χ3n) is 3.63. The first-order valence-electron chi connectivity index (χ1n) is 7.14. The Labute approximate surface area is 123 Å². The molecule has 0 aromatic rings. The number of rotatable bonds is 5. The Morgan fingerprint density at radius 3 is 2.19 bits per heavy atom. The van der Waals surface area contributed by atoms with E-state index in [1.807, 2.05) is 0 Å². The molecular weight excluding hydrogens is 280 g/mol. The summed E-state index contributed by atoms with van der Waals surface area (Å²) in [5, 5.41) is 41.7. The van der Waals surface area contributed by atoms with Crippen molar-refractivity contribution in [3.8, 4) is 0 Å². The standard InChI is InChI=1S/C13H24N2O6/c1-3-5-8(17)15-7(6-16)10(18)12(20)11(19)9(15)13(21)14-4-2/h7,9-12,16,18-20H,3-6H2,1-2H3,(H,14,21)/t7-,9+,10-,11-,12+/m1/s1. The normalized spacial score (nSPS) is 32.9. The van der Waals surface area contributed by atoms with Crippen LogP contribution < -0.4 is 5.32 Å². The van der Waals surface area contributed by atoms with Gasteiger partial charge in [-0.2, -0.15) is 0 Å². The number of amides is 2. The summed E-state index contributed by atoms with van der Waals surface area (Å²) in [7, 11) is 0. The van der Waals surface area contributed by atoms with Gasteiger partial charge in [-0.15, -0.1) is 0 Å². The maximum Gasteiger partial charge on any atom is 0.245 e. The van der Waals surface area contributed by atoms with Crippen LogP contribution in [0.2, 0.25) is 0 Å². The zero-order valence-corrected chi connectivity index (χ0v) is 12.3. The molecule has 1 heterocycles. The number of likely N-dealkylation sites (tertiary alicyclic amines) is 1. The second kappa shape index (κ2) is 7.69. The Morgan fingerprint density at radius 1 is 1.10 bits per heavy atom. The number of aliphatic hydroxyl groups is 4. The summed E-state index contributed by atoms with van der Waals surface area (Å²) < 4.78 is 0. The SMILES string of the molecule is CCCC(=O)N1[C@H](CO)[C@@H](O)[C@H](O)[C@H](O)[C@H]1C(=O)NCC. The van der Waals surface area contributed by atoms with E-state index in [0.717, 1.165) is 4.90 Å². The fourth-order valence-electron chi connectivity index (χ4n) is 2.59. The molecule has 0 aromatic heterocycles. The summed E-state index contributed by atoms with van der Waals surface area (Å²) in [4.78, 5) is 25.3. The molecule has 8 nitrogen and oxygen atoms in total. The van der Waals surface area contributed by atoms with Crippen LogP contribution in [0, 0.1) is 0 Å². The molecule has 5 N–H and O–H groups in total. The molecule has 1 saturated heterocycles. The number of aliphatic hydroxyl groups excluding tert-OH is 4. The van der Waals surface area contributed by atoms with Crippen LogP contribution in [-0.4, -0.2) is 80.7 Å². The van der Waals surface area contributed by atoms with Gasteiger partial charge in [-0.3, -0.25) is 9.59 Å². The molecular formula is C13H24N2O6. The lowest BCUT2D eigenvalue weighted by Gasteiger charge is -2.47. The highest BCUT2D eigenvalue weighted by Gasteiger charge is 2.51. The van der Waals surface area contributed by atoms with Crippen LogP contribution in [0.3, 0.4) is 0 Å². The average Bonchev–Trinajstić information content (AvgIpc) is 2.44. The molecule has 1 aliphatic heterocycles. The molecule has 1 aliphatic rings. The smallest absolute Gasteiger partial charge is 0.245 e. The topological polar surface area (TPSA) is 130 Å². The first kappa shape index (κ1) is 17.8. The van der Waals surface area contributed by atoms with Crippen LogP contribution in [0.1, 0.15) is 26.7 Å². The summed E-state index contributed by atoms with van der Waals surface area (Å²) in [5.74, 6) is -1.09. The average molecular weight is 304 g/mol. The Hall–Kier alpha value is -1.22. The van der Waals surface area contributed by atoms with Gasteiger partial charge in [-0.05, 0) is 13.3 Å². The van der Waals surface area contributed by atoms with Gasteiger partial charge in [0.15, 0.2) is 0 Å². The quantitative estimate of drug-likeness (QED) is 0.384. The molecule has 0 aromatic carbocycles. The van der Waals surface area contributed by atoms with E-state index in [4.69, 9.17) is 0 Å². The van der Waals surface area contributed by atoms with Crippen LogP contribution in [-0.2, 0) is 9.59 Å². The third kappa shape index (κ3) is 3.52. The van der Waals surface area contributed by atoms with E-state index in [0.29, 0.717) is 13.0 Å². The Balaban J connectivity index is 3.17. The number of piperidine rings is 1. The number of nitrogens with one attached hydrogen (secondary N) is 1. The van der Waals surface area contributed by atoms with E-state index in [2.05, 4.69) is 5.32 Å². The summed E-state index contributed by atoms with van der Waals surface area (Å²) in [5.41, 5.74) is 0. The van der Waals surface area contributed by atoms with E-state index >= 15 is 0 Å². The highest BCUT2D eigenvalue weighted by atomic mass is 16.4. The van der Waals surface area contributed by atoms with Gasteiger partial charge < -0.3 is 30.6 Å². The van der Waals surface area contributed by atoms with Crippen molar-refractivity contribution in [3.63, 3.8) is 0 Å². The van der Waals surface area contributed by atoms with Gasteiger partial charge in [0, 0.05) is 13.0 Å². The number of hydrogen-bond acceptors (Lipinski definition) is 6. The van der Waals surface area contributed by atoms with Crippen molar-refractivity contribution in [3.05, 3.63) is 0 Å². The van der Waals surface area contributed by atoms with Crippen molar-refractivity contribution in [2.24, 2.45) is 0 Å². The van der Waals surface area contributed by atoms with E-state index in [-0.39, 0.29) is 6.42 Å². The lowest BCUT2D eigenvalue weighted by Crippen LogP contribution is -2.71. The van der Waals surface area contributed by atoms with Gasteiger partial charge in [-0.1, -0.05) is 6.92 Å². The van der Waals surface area contributed by atoms with Gasteiger partial charge in [0.2, 0.25) is 11.8 Å². The van der Waals surface area contributed by atoms with Crippen LogP contribution in [0.25, 0.3) is 0 Å². The zero-order valence-electron chi connectivity index (χ0n) is 12.3. The summed E-state index contributed by atoms with van der Waals surface area (Å²) >= 11 is 0. The zero-order chi connectivity index (χ0) is 16.2. The minimum Gasteiger partial charge on any atom is -0.394 e. The number of carbonyl (C=O) groups is 2. The number of likely N-dealkylation sites (N-methyl/N-ethyl adjacent to an activating group) is 1. The maximum atomic E-state index is 12.2. The van der Waals surface area contributed by atoms with Crippen molar-refractivity contribution >= 4 is 11.8 Å². The van der Waals surface area contributed by atoms with Crippen molar-refractivity contribution in [2.45, 2.75) is 57.1 Å². The number of nitrogens with zero attached hydrogens (tertiary/aromatic N) is 1. The van der Waals surface area contributed by atoms with Gasteiger partial charge in [0.1, 0.15) is 24.4 Å². The van der Waals surface area contributed by atoms with Crippen LogP contribution >= 0.6 is 0 Å². The van der Waals surface area contributed by atoms with E-state index in [1.165, 1.54) is 0 Å². The molecule has 122 valence electrons. The van der Waals surface area contributed by atoms with Gasteiger partial charge in [0.25, 0.3) is 0 Å². The van der Waals surface area contributed by atoms with E-state index in [9.17, 15) is 30.0 Å². The molecule has 0 radical (unpaired) electrons. The van der Waals surface area contributed by atoms with Crippen molar-refractivity contribution < 1.29 is 30.0 Å². The number of hydrogen-bond donors (Lipinski definition) is 5. The summed E-state index contributed by atoms with van der Waals surface area (Å²) in [6.07, 6.45) is -4.11. The molecule has 1 fully saturated rings. The van der Waals surface area contributed by atoms with Crippen molar-refractivity contribution in [1.29, 1.82) is 0 Å². The summed E-state index contributed by atoms with van der Waals surface area (Å²) in [6, 6.07) is -2.46. The highest BCUT2D eigenvalue weighted by molar-refractivity contribution is 5.89. The van der Waals surface area contributed by atoms with Crippen molar-refractivity contribution in [1.82, 2.24) is 10.2 Å².